The van der Waals surface area contributed by atoms with E-state index in [-0.39, 0.29) is 51.4 Å². The molecule has 0 saturated carbocycles. The SMILES string of the molecule is O=C(O)CC(=O)O.[KH].[Li][c]1ccccc1CC. The molecule has 2 N–H and O–H groups in total. The molecule has 6 heteroatoms. The van der Waals surface area contributed by atoms with Crippen molar-refractivity contribution in [2.45, 2.75) is 19.8 Å². The fraction of sp³-hybridized carbons (Fsp3) is 0.273. The van der Waals surface area contributed by atoms with Crippen molar-refractivity contribution in [3.05, 3.63) is 29.8 Å². The van der Waals surface area contributed by atoms with Crippen LogP contribution in [0.3, 0.4) is 0 Å². The van der Waals surface area contributed by atoms with Gasteiger partial charge in [0.2, 0.25) is 0 Å². The van der Waals surface area contributed by atoms with E-state index in [4.69, 9.17) is 10.2 Å². The standard InChI is InChI=1S/C8H9.C3H4O4.K.Li.H/c1-2-8-6-4-3-5-7-8;4-2(5)1-3(6)7;;;/h3-6H,2H2,1H3;1H2,(H,4,5)(H,6,7);;;. The van der Waals surface area contributed by atoms with Crippen molar-refractivity contribution in [3.63, 3.8) is 0 Å². The molecule has 0 aromatic heterocycles. The van der Waals surface area contributed by atoms with Gasteiger partial charge >= 0.3 is 128 Å². The summed E-state index contributed by atoms with van der Waals surface area (Å²) in [5, 5.41) is 15.4. The van der Waals surface area contributed by atoms with Gasteiger partial charge in [-0.05, 0) is 0 Å². The van der Waals surface area contributed by atoms with Crippen LogP contribution in [-0.2, 0) is 16.0 Å². The summed E-state index contributed by atoms with van der Waals surface area (Å²) in [5.41, 5.74) is 1.46. The normalized spacial score (nSPS) is 8.41. The van der Waals surface area contributed by atoms with Crippen LogP contribution in [0.2, 0.25) is 0 Å². The van der Waals surface area contributed by atoms with Gasteiger partial charge in [-0.3, -0.25) is 9.59 Å². The Morgan fingerprint density at radius 1 is 1.18 bits per heavy atom. The third kappa shape index (κ3) is 11.2. The zero-order valence-electron chi connectivity index (χ0n) is 9.43. The van der Waals surface area contributed by atoms with Gasteiger partial charge in [0.15, 0.2) is 0 Å². The molecule has 0 spiro atoms. The van der Waals surface area contributed by atoms with Gasteiger partial charge in [-0.15, -0.1) is 0 Å². The van der Waals surface area contributed by atoms with Crippen LogP contribution in [-0.4, -0.2) is 91.3 Å². The predicted molar refractivity (Wildman–Crippen MR) is 68.2 cm³/mol. The molecule has 1 aromatic rings. The number of aryl methyl sites for hydroxylation is 1. The van der Waals surface area contributed by atoms with Crippen LogP contribution < -0.4 is 4.24 Å². The van der Waals surface area contributed by atoms with Crippen LogP contribution in [0, 0.1) is 0 Å². The molecule has 0 fully saturated rings. The van der Waals surface area contributed by atoms with Crippen LogP contribution in [0.5, 0.6) is 0 Å². The number of hydrogen-bond acceptors (Lipinski definition) is 2. The monoisotopic (exact) mass is 256 g/mol. The Labute approximate surface area is 152 Å². The van der Waals surface area contributed by atoms with Gasteiger partial charge in [0.25, 0.3) is 0 Å². The zero-order valence-corrected chi connectivity index (χ0v) is 9.43. The van der Waals surface area contributed by atoms with Crippen molar-refractivity contribution in [2.24, 2.45) is 0 Å². The molecular formula is C11H14KLiO4. The molecule has 0 saturated heterocycles. The molecule has 4 nitrogen and oxygen atoms in total. The Bertz CT molecular complexity index is 356. The molecule has 17 heavy (non-hydrogen) atoms. The van der Waals surface area contributed by atoms with E-state index in [0.717, 1.165) is 6.42 Å². The van der Waals surface area contributed by atoms with E-state index in [2.05, 4.69) is 48.9 Å². The second kappa shape index (κ2) is 11.5. The van der Waals surface area contributed by atoms with Crippen molar-refractivity contribution in [1.29, 1.82) is 0 Å². The Morgan fingerprint density at radius 2 is 1.65 bits per heavy atom. The van der Waals surface area contributed by atoms with Crippen molar-refractivity contribution < 1.29 is 19.8 Å². The van der Waals surface area contributed by atoms with Crippen molar-refractivity contribution in [2.75, 3.05) is 0 Å². The van der Waals surface area contributed by atoms with Gasteiger partial charge in [0.05, 0.1) is 0 Å². The van der Waals surface area contributed by atoms with Crippen molar-refractivity contribution in [1.82, 2.24) is 0 Å². The number of carboxylic acids is 2. The average molecular weight is 256 g/mol. The molecule has 0 aliphatic carbocycles. The fourth-order valence-electron chi connectivity index (χ4n) is 1.14. The second-order valence-corrected chi connectivity index (χ2v) is 3.24. The molecule has 0 amide bonds. The second-order valence-electron chi connectivity index (χ2n) is 3.24. The molecule has 1 rings (SSSR count). The van der Waals surface area contributed by atoms with Gasteiger partial charge in [-0.1, -0.05) is 0 Å². The zero-order chi connectivity index (χ0) is 12.6. The summed E-state index contributed by atoms with van der Waals surface area (Å²) in [4.78, 5) is 18.9. The minimum absolute atomic E-state index is 0. The summed E-state index contributed by atoms with van der Waals surface area (Å²) in [6, 6.07) is 8.49. The number of rotatable bonds is 3. The molecule has 0 aliphatic heterocycles. The summed E-state index contributed by atoms with van der Waals surface area (Å²) >= 11 is 2.15. The predicted octanol–water partition coefficient (Wildman–Crippen LogP) is -0.0600. The fourth-order valence-corrected chi connectivity index (χ4v) is 1.14. The molecule has 84 valence electrons. The van der Waals surface area contributed by atoms with E-state index in [1.54, 1.807) is 0 Å². The maximum absolute atomic E-state index is 9.43. The Morgan fingerprint density at radius 3 is 1.88 bits per heavy atom. The minimum atomic E-state index is -1.31. The Balaban J connectivity index is 0. The van der Waals surface area contributed by atoms with E-state index in [0.29, 0.717) is 0 Å². The van der Waals surface area contributed by atoms with E-state index < -0.39 is 18.4 Å². The topological polar surface area (TPSA) is 74.6 Å². The van der Waals surface area contributed by atoms with E-state index in [9.17, 15) is 9.59 Å². The molecule has 0 bridgehead atoms. The number of hydrogen-bond donors (Lipinski definition) is 2. The van der Waals surface area contributed by atoms with Gasteiger partial charge < -0.3 is 10.2 Å². The molecule has 0 aliphatic rings. The number of benzene rings is 1. The summed E-state index contributed by atoms with van der Waals surface area (Å²) < 4.78 is 1.40. The van der Waals surface area contributed by atoms with Crippen LogP contribution in [0.4, 0.5) is 0 Å². The van der Waals surface area contributed by atoms with E-state index in [1.807, 2.05) is 0 Å². The molecule has 0 unspecified atom stereocenters. The third-order valence-corrected chi connectivity index (χ3v) is 1.94. The molecule has 0 atom stereocenters. The van der Waals surface area contributed by atoms with Crippen molar-refractivity contribution >= 4 is 85.3 Å². The first-order valence-electron chi connectivity index (χ1n) is 4.95. The Kier molecular flexibility index (Phi) is 13.3. The Hall–Kier alpha value is 0.394. The van der Waals surface area contributed by atoms with E-state index >= 15 is 0 Å². The van der Waals surface area contributed by atoms with Crippen LogP contribution in [0.15, 0.2) is 24.3 Å². The molecule has 1 aromatic carbocycles. The van der Waals surface area contributed by atoms with Gasteiger partial charge in [0, 0.05) is 0 Å². The number of aliphatic carboxylic acids is 2. The van der Waals surface area contributed by atoms with Crippen LogP contribution in [0.25, 0.3) is 0 Å². The van der Waals surface area contributed by atoms with Crippen molar-refractivity contribution in [3.8, 4) is 0 Å². The summed E-state index contributed by atoms with van der Waals surface area (Å²) in [6.07, 6.45) is 0.340. The third-order valence-electron chi connectivity index (χ3n) is 1.94. The number of carboxylic acid groups (broad SMARTS) is 2. The maximum atomic E-state index is 9.43. The summed E-state index contributed by atoms with van der Waals surface area (Å²) in [5.74, 6) is -2.62. The number of carbonyl (C=O) groups is 2. The van der Waals surface area contributed by atoms with E-state index in [1.165, 1.54) is 9.80 Å². The van der Waals surface area contributed by atoms with Crippen LogP contribution >= 0.6 is 0 Å². The first-order chi connectivity index (χ1) is 7.47. The summed E-state index contributed by atoms with van der Waals surface area (Å²) in [6.45, 7) is 2.18. The summed E-state index contributed by atoms with van der Waals surface area (Å²) in [7, 11) is 0. The van der Waals surface area contributed by atoms with Gasteiger partial charge in [0.1, 0.15) is 6.42 Å². The molecule has 0 heterocycles. The first kappa shape index (κ1) is 19.7. The van der Waals surface area contributed by atoms with Gasteiger partial charge in [-0.25, -0.2) is 0 Å². The molecule has 0 radical (unpaired) electrons. The quantitative estimate of drug-likeness (QED) is 0.587. The average Bonchev–Trinajstić information content (AvgIpc) is 2.17. The molecular weight excluding hydrogens is 242 g/mol. The first-order valence-corrected chi connectivity index (χ1v) is 4.95. The van der Waals surface area contributed by atoms with Crippen LogP contribution in [0.1, 0.15) is 18.9 Å². The van der Waals surface area contributed by atoms with Gasteiger partial charge in [-0.2, -0.15) is 0 Å².